The number of carbonyl (C=O) groups excluding carboxylic acids is 1. The molecule has 2 aliphatic heterocycles. The van der Waals surface area contributed by atoms with Gasteiger partial charge >= 0.3 is 0 Å². The Bertz CT molecular complexity index is 447. The Labute approximate surface area is 103 Å². The second-order valence-corrected chi connectivity index (χ2v) is 5.12. The van der Waals surface area contributed by atoms with Crippen molar-refractivity contribution in [1.82, 2.24) is 0 Å². The summed E-state index contributed by atoms with van der Waals surface area (Å²) in [4.78, 5) is 14.1. The van der Waals surface area contributed by atoms with Gasteiger partial charge in [0, 0.05) is 23.1 Å². The first-order valence-electron chi connectivity index (χ1n) is 5.41. The van der Waals surface area contributed by atoms with Crippen LogP contribution < -0.4 is 4.90 Å². The molecule has 2 heterocycles. The molecule has 0 aromatic heterocycles. The van der Waals surface area contributed by atoms with Crippen LogP contribution in [-0.2, 0) is 16.0 Å². The summed E-state index contributed by atoms with van der Waals surface area (Å²) in [5, 5.41) is 0. The average Bonchev–Trinajstić information content (AvgIpc) is 2.29. The third-order valence-corrected chi connectivity index (χ3v) is 3.71. The number of carbonyl (C=O) groups is 1. The molecule has 0 spiro atoms. The van der Waals surface area contributed by atoms with Crippen LogP contribution in [0.1, 0.15) is 5.56 Å². The van der Waals surface area contributed by atoms with Crippen LogP contribution in [0, 0.1) is 0 Å². The molecular weight excluding hydrogens is 270 g/mol. The van der Waals surface area contributed by atoms with Gasteiger partial charge in [0.1, 0.15) is 6.04 Å². The predicted octanol–water partition coefficient (Wildman–Crippen LogP) is 1.78. The summed E-state index contributed by atoms with van der Waals surface area (Å²) in [6.07, 6.45) is 0.527. The maximum atomic E-state index is 12.0. The topological polar surface area (TPSA) is 29.5 Å². The molecule has 0 N–H and O–H groups in total. The second-order valence-electron chi connectivity index (χ2n) is 4.20. The van der Waals surface area contributed by atoms with E-state index < -0.39 is 0 Å². The van der Waals surface area contributed by atoms with Crippen molar-refractivity contribution in [3.8, 4) is 0 Å². The van der Waals surface area contributed by atoms with Gasteiger partial charge in [0.2, 0.25) is 0 Å². The van der Waals surface area contributed by atoms with Gasteiger partial charge in [0.05, 0.1) is 13.2 Å². The summed E-state index contributed by atoms with van der Waals surface area (Å²) < 4.78 is 6.41. The van der Waals surface area contributed by atoms with Crippen LogP contribution >= 0.6 is 15.9 Å². The van der Waals surface area contributed by atoms with E-state index in [1.54, 1.807) is 0 Å². The molecule has 0 unspecified atom stereocenters. The van der Waals surface area contributed by atoms with E-state index in [4.69, 9.17) is 4.74 Å². The summed E-state index contributed by atoms with van der Waals surface area (Å²) in [6.45, 7) is 2.05. The Balaban J connectivity index is 2.06. The molecule has 16 heavy (non-hydrogen) atoms. The van der Waals surface area contributed by atoms with Crippen LogP contribution in [-0.4, -0.2) is 31.6 Å². The van der Waals surface area contributed by atoms with E-state index in [1.807, 2.05) is 12.1 Å². The second kappa shape index (κ2) is 3.86. The van der Waals surface area contributed by atoms with Crippen molar-refractivity contribution < 1.29 is 9.53 Å². The molecule has 2 aliphatic rings. The van der Waals surface area contributed by atoms with Crippen molar-refractivity contribution >= 4 is 27.4 Å². The van der Waals surface area contributed by atoms with Gasteiger partial charge in [-0.3, -0.25) is 4.79 Å². The van der Waals surface area contributed by atoms with Crippen LogP contribution in [0.25, 0.3) is 0 Å². The molecule has 1 fully saturated rings. The minimum atomic E-state index is -0.0672. The molecule has 1 atom stereocenters. The number of halogens is 1. The third kappa shape index (κ3) is 1.57. The summed E-state index contributed by atoms with van der Waals surface area (Å²) in [6, 6.07) is 6.09. The van der Waals surface area contributed by atoms with Gasteiger partial charge in [-0.05, 0) is 23.8 Å². The zero-order valence-corrected chi connectivity index (χ0v) is 10.4. The van der Waals surface area contributed by atoms with Crippen LogP contribution in [0.5, 0.6) is 0 Å². The average molecular weight is 282 g/mol. The monoisotopic (exact) mass is 281 g/mol. The van der Waals surface area contributed by atoms with Crippen molar-refractivity contribution in [2.45, 2.75) is 12.5 Å². The third-order valence-electron chi connectivity index (χ3n) is 3.22. The Morgan fingerprint density at radius 3 is 3.19 bits per heavy atom. The molecule has 3 rings (SSSR count). The van der Waals surface area contributed by atoms with Gasteiger partial charge in [-0.2, -0.15) is 0 Å². The highest BCUT2D eigenvalue weighted by Crippen LogP contribution is 2.32. The van der Waals surface area contributed by atoms with Crippen molar-refractivity contribution in [3.63, 3.8) is 0 Å². The van der Waals surface area contributed by atoms with Gasteiger partial charge in [-0.15, -0.1) is 0 Å². The molecule has 3 nitrogen and oxygen atoms in total. The summed E-state index contributed by atoms with van der Waals surface area (Å²) in [5.74, 6) is 0.269. The Kier molecular flexibility index (Phi) is 2.48. The molecule has 0 bridgehead atoms. The van der Waals surface area contributed by atoms with Crippen molar-refractivity contribution in [3.05, 3.63) is 28.2 Å². The highest BCUT2D eigenvalue weighted by atomic mass is 79.9. The fraction of sp³-hybridized carbons (Fsp3) is 0.417. The van der Waals surface area contributed by atoms with E-state index in [9.17, 15) is 4.79 Å². The van der Waals surface area contributed by atoms with Gasteiger partial charge in [0.15, 0.2) is 5.78 Å². The number of fused-ring (bicyclic) bond motifs is 3. The Morgan fingerprint density at radius 2 is 2.31 bits per heavy atom. The van der Waals surface area contributed by atoms with Crippen LogP contribution in [0.15, 0.2) is 22.7 Å². The molecule has 0 radical (unpaired) electrons. The van der Waals surface area contributed by atoms with Crippen LogP contribution in [0.4, 0.5) is 5.69 Å². The van der Waals surface area contributed by atoms with E-state index in [0.717, 1.165) is 16.6 Å². The number of hydrogen-bond acceptors (Lipinski definition) is 3. The quantitative estimate of drug-likeness (QED) is 0.726. The SMILES string of the molecule is O=C1Cc2cc(Br)ccc2N2CCOC[C@@H]12. The van der Waals surface area contributed by atoms with Gasteiger partial charge < -0.3 is 9.64 Å². The standard InChI is InChI=1S/C12H12BrNO2/c13-9-1-2-10-8(5-9)6-12(15)11-7-16-4-3-14(10)11/h1-2,5,11H,3-4,6-7H2/t11-/m0/s1. The number of Topliss-reactive ketones (excluding diaryl/α,β-unsaturated/α-hetero) is 1. The first-order valence-corrected chi connectivity index (χ1v) is 6.20. The van der Waals surface area contributed by atoms with Gasteiger partial charge in [-0.1, -0.05) is 15.9 Å². The van der Waals surface area contributed by atoms with E-state index in [2.05, 4.69) is 26.9 Å². The molecule has 1 aromatic rings. The Hall–Kier alpha value is -0.870. The zero-order chi connectivity index (χ0) is 11.1. The molecule has 1 saturated heterocycles. The number of nitrogens with zero attached hydrogens (tertiary/aromatic N) is 1. The Morgan fingerprint density at radius 1 is 1.44 bits per heavy atom. The molecular formula is C12H12BrNO2. The fourth-order valence-electron chi connectivity index (χ4n) is 2.44. The zero-order valence-electron chi connectivity index (χ0n) is 8.78. The van der Waals surface area contributed by atoms with E-state index in [1.165, 1.54) is 5.69 Å². The minimum Gasteiger partial charge on any atom is -0.377 e. The predicted molar refractivity (Wildman–Crippen MR) is 64.8 cm³/mol. The van der Waals surface area contributed by atoms with Crippen molar-refractivity contribution in [2.24, 2.45) is 0 Å². The number of morpholine rings is 1. The van der Waals surface area contributed by atoms with Gasteiger partial charge in [-0.25, -0.2) is 0 Å². The lowest BCUT2D eigenvalue weighted by atomic mass is 9.94. The lowest BCUT2D eigenvalue weighted by molar-refractivity contribution is -0.122. The number of hydrogen-bond donors (Lipinski definition) is 0. The van der Waals surface area contributed by atoms with Crippen molar-refractivity contribution in [1.29, 1.82) is 0 Å². The number of benzene rings is 1. The van der Waals surface area contributed by atoms with E-state index >= 15 is 0 Å². The first-order chi connectivity index (χ1) is 7.75. The summed E-state index contributed by atoms with van der Waals surface area (Å²) >= 11 is 3.44. The lowest BCUT2D eigenvalue weighted by Gasteiger charge is -2.40. The maximum absolute atomic E-state index is 12.0. The number of ketones is 1. The molecule has 84 valence electrons. The highest BCUT2D eigenvalue weighted by molar-refractivity contribution is 9.10. The number of rotatable bonds is 0. The molecule has 0 amide bonds. The molecule has 1 aromatic carbocycles. The first kappa shape index (κ1) is 10.3. The smallest absolute Gasteiger partial charge is 0.162 e. The summed E-state index contributed by atoms with van der Waals surface area (Å²) in [5.41, 5.74) is 2.31. The largest absolute Gasteiger partial charge is 0.377 e. The van der Waals surface area contributed by atoms with Crippen LogP contribution in [0.3, 0.4) is 0 Å². The minimum absolute atomic E-state index is 0.0672. The molecule has 0 saturated carbocycles. The fourth-order valence-corrected chi connectivity index (χ4v) is 2.85. The number of anilines is 1. The van der Waals surface area contributed by atoms with Gasteiger partial charge in [0.25, 0.3) is 0 Å². The summed E-state index contributed by atoms with van der Waals surface area (Å²) in [7, 11) is 0. The normalized spacial score (nSPS) is 23.9. The number of ether oxygens (including phenoxy) is 1. The van der Waals surface area contributed by atoms with Crippen molar-refractivity contribution in [2.75, 3.05) is 24.7 Å². The highest BCUT2D eigenvalue weighted by Gasteiger charge is 2.34. The lowest BCUT2D eigenvalue weighted by Crippen LogP contribution is -2.53. The maximum Gasteiger partial charge on any atom is 0.162 e. The van der Waals surface area contributed by atoms with E-state index in [-0.39, 0.29) is 11.8 Å². The molecule has 0 aliphatic carbocycles. The van der Waals surface area contributed by atoms with Crippen LogP contribution in [0.2, 0.25) is 0 Å². The molecule has 4 heteroatoms. The van der Waals surface area contributed by atoms with E-state index in [0.29, 0.717) is 19.6 Å².